The molecule has 0 aliphatic carbocycles. The molecule has 4 rings (SSSR count). The van der Waals surface area contributed by atoms with Gasteiger partial charge in [0.2, 0.25) is 5.91 Å². The van der Waals surface area contributed by atoms with Gasteiger partial charge in [0.05, 0.1) is 0 Å². The molecule has 1 amide bonds. The monoisotopic (exact) mass is 372 g/mol. The number of H-pyrrole nitrogens is 1. The molecule has 0 bridgehead atoms. The van der Waals surface area contributed by atoms with Crippen molar-refractivity contribution in [3.8, 4) is 11.1 Å². The second-order valence-corrected chi connectivity index (χ2v) is 6.28. The second kappa shape index (κ2) is 7.84. The lowest BCUT2D eigenvalue weighted by atomic mass is 10.0. The highest BCUT2D eigenvalue weighted by atomic mass is 19.1. The van der Waals surface area contributed by atoms with Gasteiger partial charge in [-0.3, -0.25) is 9.78 Å². The Kier molecular flexibility index (Phi) is 4.93. The Balaban J connectivity index is 1.51. The van der Waals surface area contributed by atoms with Gasteiger partial charge < -0.3 is 10.3 Å². The number of nitrogens with one attached hydrogen (secondary N) is 2. The Labute approximate surface area is 161 Å². The zero-order valence-electron chi connectivity index (χ0n) is 14.9. The van der Waals surface area contributed by atoms with Gasteiger partial charge in [-0.1, -0.05) is 12.1 Å². The van der Waals surface area contributed by atoms with Crippen LogP contribution in [0.3, 0.4) is 0 Å². The highest BCUT2D eigenvalue weighted by Crippen LogP contribution is 2.28. The van der Waals surface area contributed by atoms with E-state index in [-0.39, 0.29) is 11.7 Å². The molecule has 0 fully saturated rings. The van der Waals surface area contributed by atoms with Gasteiger partial charge in [0, 0.05) is 48.4 Å². The van der Waals surface area contributed by atoms with E-state index in [2.05, 4.69) is 20.3 Å². The number of rotatable bonds is 5. The number of carbonyl (C=O) groups is 1. The van der Waals surface area contributed by atoms with Crippen LogP contribution < -0.4 is 5.32 Å². The van der Waals surface area contributed by atoms with Crippen LogP contribution in [0.15, 0.2) is 73.3 Å². The molecule has 0 atom stereocenters. The summed E-state index contributed by atoms with van der Waals surface area (Å²) >= 11 is 0. The Bertz CT molecular complexity index is 1130. The van der Waals surface area contributed by atoms with E-state index in [9.17, 15) is 9.18 Å². The zero-order valence-corrected chi connectivity index (χ0v) is 14.9. The first-order chi connectivity index (χ1) is 13.7. The van der Waals surface area contributed by atoms with Crippen LogP contribution in [0.25, 0.3) is 28.2 Å². The van der Waals surface area contributed by atoms with E-state index < -0.39 is 0 Å². The van der Waals surface area contributed by atoms with Crippen LogP contribution in [0.1, 0.15) is 11.1 Å². The maximum Gasteiger partial charge on any atom is 0.244 e. The number of aromatic nitrogens is 3. The van der Waals surface area contributed by atoms with Gasteiger partial charge in [-0.2, -0.15) is 0 Å². The quantitative estimate of drug-likeness (QED) is 0.518. The van der Waals surface area contributed by atoms with Crippen LogP contribution in [0.5, 0.6) is 0 Å². The van der Waals surface area contributed by atoms with Crippen LogP contribution in [-0.4, -0.2) is 20.9 Å². The minimum atomic E-state index is -0.275. The maximum atomic E-state index is 13.2. The molecule has 2 N–H and O–H groups in total. The van der Waals surface area contributed by atoms with Crippen molar-refractivity contribution in [3.05, 3.63) is 90.3 Å². The lowest BCUT2D eigenvalue weighted by molar-refractivity contribution is -0.116. The van der Waals surface area contributed by atoms with Gasteiger partial charge in [0.25, 0.3) is 0 Å². The molecule has 0 saturated carbocycles. The van der Waals surface area contributed by atoms with E-state index >= 15 is 0 Å². The third kappa shape index (κ3) is 3.96. The number of nitrogens with zero attached hydrogens (tertiary/aromatic N) is 2. The van der Waals surface area contributed by atoms with E-state index in [1.54, 1.807) is 36.8 Å². The topological polar surface area (TPSA) is 70.7 Å². The number of pyridine rings is 2. The van der Waals surface area contributed by atoms with Crippen LogP contribution in [0.2, 0.25) is 0 Å². The summed E-state index contributed by atoms with van der Waals surface area (Å²) in [6.07, 6.45) is 10.1. The number of benzene rings is 1. The molecule has 0 aliphatic rings. The number of aromatic amines is 1. The van der Waals surface area contributed by atoms with Crippen molar-refractivity contribution in [1.29, 1.82) is 0 Å². The molecular weight excluding hydrogens is 355 g/mol. The molecule has 5 nitrogen and oxygen atoms in total. The largest absolute Gasteiger partial charge is 0.348 e. The molecule has 28 heavy (non-hydrogen) atoms. The molecule has 0 spiro atoms. The number of hydrogen-bond acceptors (Lipinski definition) is 3. The molecule has 1 aromatic carbocycles. The van der Waals surface area contributed by atoms with Crippen molar-refractivity contribution in [2.24, 2.45) is 0 Å². The third-order valence-electron chi connectivity index (χ3n) is 4.35. The molecule has 3 heterocycles. The zero-order chi connectivity index (χ0) is 19.3. The molecule has 0 saturated heterocycles. The van der Waals surface area contributed by atoms with Crippen molar-refractivity contribution in [1.82, 2.24) is 20.3 Å². The normalized spacial score (nSPS) is 11.2. The molecular formula is C22H17FN4O. The SMILES string of the molecule is O=C(/C=C/c1cnc2[nH]cc(-c3ccc(F)cc3)c2c1)NCc1ccncc1. The van der Waals surface area contributed by atoms with E-state index in [1.807, 2.05) is 24.4 Å². The lowest BCUT2D eigenvalue weighted by Gasteiger charge is -2.02. The fourth-order valence-corrected chi connectivity index (χ4v) is 2.90. The minimum Gasteiger partial charge on any atom is -0.348 e. The standard InChI is InChI=1S/C22H17FN4O/c23-18-4-2-17(3-5-18)20-14-27-22-19(20)11-16(13-26-22)1-6-21(28)25-12-15-7-9-24-10-8-15/h1-11,13-14H,12H2,(H,25,28)(H,26,27)/b6-1+. The van der Waals surface area contributed by atoms with Crippen molar-refractivity contribution in [2.75, 3.05) is 0 Å². The fourth-order valence-electron chi connectivity index (χ4n) is 2.90. The number of carbonyl (C=O) groups excluding carboxylic acids is 1. The number of amides is 1. The van der Waals surface area contributed by atoms with Crippen LogP contribution >= 0.6 is 0 Å². The maximum absolute atomic E-state index is 13.2. The third-order valence-corrected chi connectivity index (χ3v) is 4.35. The Morgan fingerprint density at radius 1 is 1.14 bits per heavy atom. The van der Waals surface area contributed by atoms with Crippen molar-refractivity contribution < 1.29 is 9.18 Å². The summed E-state index contributed by atoms with van der Waals surface area (Å²) in [5, 5.41) is 3.74. The average molecular weight is 372 g/mol. The summed E-state index contributed by atoms with van der Waals surface area (Å²) in [5.74, 6) is -0.465. The van der Waals surface area contributed by atoms with Gasteiger partial charge in [0.1, 0.15) is 11.5 Å². The Morgan fingerprint density at radius 2 is 1.93 bits per heavy atom. The summed E-state index contributed by atoms with van der Waals surface area (Å²) < 4.78 is 13.2. The second-order valence-electron chi connectivity index (χ2n) is 6.28. The number of fused-ring (bicyclic) bond motifs is 1. The summed E-state index contributed by atoms with van der Waals surface area (Å²) in [4.78, 5) is 23.5. The Morgan fingerprint density at radius 3 is 2.71 bits per heavy atom. The van der Waals surface area contributed by atoms with E-state index in [0.717, 1.165) is 33.3 Å². The van der Waals surface area contributed by atoms with Crippen LogP contribution in [0.4, 0.5) is 4.39 Å². The molecule has 0 unspecified atom stereocenters. The fraction of sp³-hybridized carbons (Fsp3) is 0.0455. The summed E-state index contributed by atoms with van der Waals surface area (Å²) in [6, 6.07) is 12.0. The first kappa shape index (κ1) is 17.6. The predicted molar refractivity (Wildman–Crippen MR) is 107 cm³/mol. The minimum absolute atomic E-state index is 0.190. The molecule has 0 aliphatic heterocycles. The first-order valence-corrected chi connectivity index (χ1v) is 8.77. The van der Waals surface area contributed by atoms with Gasteiger partial charge in [-0.05, 0) is 53.1 Å². The van der Waals surface area contributed by atoms with Crippen LogP contribution in [-0.2, 0) is 11.3 Å². The molecule has 4 aromatic rings. The molecule has 138 valence electrons. The number of hydrogen-bond donors (Lipinski definition) is 2. The average Bonchev–Trinajstić information content (AvgIpc) is 3.15. The molecule has 3 aromatic heterocycles. The predicted octanol–water partition coefficient (Wildman–Crippen LogP) is 4.09. The van der Waals surface area contributed by atoms with E-state index in [4.69, 9.17) is 0 Å². The summed E-state index contributed by atoms with van der Waals surface area (Å²) in [6.45, 7) is 0.440. The van der Waals surface area contributed by atoms with Gasteiger partial charge in [0.15, 0.2) is 0 Å². The van der Waals surface area contributed by atoms with E-state index in [1.165, 1.54) is 18.2 Å². The van der Waals surface area contributed by atoms with Crippen molar-refractivity contribution >= 4 is 23.0 Å². The van der Waals surface area contributed by atoms with Gasteiger partial charge in [-0.15, -0.1) is 0 Å². The Hall–Kier alpha value is -3.80. The number of halogens is 1. The van der Waals surface area contributed by atoms with Gasteiger partial charge >= 0.3 is 0 Å². The highest BCUT2D eigenvalue weighted by Gasteiger charge is 2.08. The highest BCUT2D eigenvalue weighted by molar-refractivity contribution is 5.96. The summed E-state index contributed by atoms with van der Waals surface area (Å²) in [7, 11) is 0. The molecule has 6 heteroatoms. The van der Waals surface area contributed by atoms with Crippen molar-refractivity contribution in [2.45, 2.75) is 6.54 Å². The van der Waals surface area contributed by atoms with Crippen LogP contribution in [0, 0.1) is 5.82 Å². The van der Waals surface area contributed by atoms with Crippen molar-refractivity contribution in [3.63, 3.8) is 0 Å². The lowest BCUT2D eigenvalue weighted by Crippen LogP contribution is -2.20. The smallest absolute Gasteiger partial charge is 0.244 e. The first-order valence-electron chi connectivity index (χ1n) is 8.77. The van der Waals surface area contributed by atoms with Gasteiger partial charge in [-0.25, -0.2) is 9.37 Å². The molecule has 0 radical (unpaired) electrons. The summed E-state index contributed by atoms with van der Waals surface area (Å²) in [5.41, 5.74) is 4.34. The van der Waals surface area contributed by atoms with E-state index in [0.29, 0.717) is 6.54 Å².